The fraction of sp³-hybridized carbons (Fsp3) is 0.391. The van der Waals surface area contributed by atoms with Crippen molar-refractivity contribution >= 4 is 17.4 Å². The summed E-state index contributed by atoms with van der Waals surface area (Å²) in [6.45, 7) is 7.50. The minimum Gasteiger partial charge on any atom is -0.497 e. The Balaban J connectivity index is 1.92. The maximum atomic E-state index is 12.0. The third-order valence-corrected chi connectivity index (χ3v) is 5.39. The average molecular weight is 393 g/mol. The molecule has 6 nitrogen and oxygen atoms in total. The summed E-state index contributed by atoms with van der Waals surface area (Å²) in [7, 11) is 1.65. The van der Waals surface area contributed by atoms with Crippen molar-refractivity contribution in [1.82, 2.24) is 5.32 Å². The zero-order valence-corrected chi connectivity index (χ0v) is 17.5. The van der Waals surface area contributed by atoms with Gasteiger partial charge in [-0.2, -0.15) is 5.26 Å². The Labute approximate surface area is 172 Å². The predicted molar refractivity (Wildman–Crippen MR) is 116 cm³/mol. The number of nitrogens with one attached hydrogen (secondary N) is 2. The number of carbonyl (C=O) groups excluding carboxylic acids is 1. The van der Waals surface area contributed by atoms with Gasteiger partial charge in [-0.25, -0.2) is 4.79 Å². The first kappa shape index (κ1) is 20.5. The highest BCUT2D eigenvalue weighted by atomic mass is 16.5. The largest absolute Gasteiger partial charge is 0.497 e. The van der Waals surface area contributed by atoms with Gasteiger partial charge in [-0.15, -0.1) is 0 Å². The molecule has 0 bridgehead atoms. The smallest absolute Gasteiger partial charge is 0.319 e. The fourth-order valence-electron chi connectivity index (χ4n) is 3.96. The Bertz CT molecular complexity index is 935. The van der Waals surface area contributed by atoms with E-state index < -0.39 is 0 Å². The lowest BCUT2D eigenvalue weighted by Crippen LogP contribution is -2.29. The molecule has 1 heterocycles. The van der Waals surface area contributed by atoms with Gasteiger partial charge in [0, 0.05) is 30.5 Å². The number of likely N-dealkylation sites (N-methyl/N-ethyl adjacent to an activating group) is 1. The van der Waals surface area contributed by atoms with Gasteiger partial charge in [-0.05, 0) is 49.1 Å². The van der Waals surface area contributed by atoms with E-state index in [1.54, 1.807) is 7.11 Å². The third-order valence-electron chi connectivity index (χ3n) is 5.39. The van der Waals surface area contributed by atoms with Crippen LogP contribution in [0.25, 0.3) is 0 Å². The lowest BCUT2D eigenvalue weighted by Gasteiger charge is -2.28. The van der Waals surface area contributed by atoms with Crippen molar-refractivity contribution in [3.8, 4) is 11.8 Å². The summed E-state index contributed by atoms with van der Waals surface area (Å²) in [6.07, 6.45) is 0.890. The van der Waals surface area contributed by atoms with Gasteiger partial charge in [-0.1, -0.05) is 25.1 Å². The number of amides is 2. The summed E-state index contributed by atoms with van der Waals surface area (Å²) in [5.74, 6) is 0.523. The quantitative estimate of drug-likeness (QED) is 0.745. The van der Waals surface area contributed by atoms with Crippen molar-refractivity contribution in [2.45, 2.75) is 39.2 Å². The van der Waals surface area contributed by atoms with Crippen LogP contribution in [0.4, 0.5) is 16.2 Å². The molecule has 6 heteroatoms. The zero-order valence-electron chi connectivity index (χ0n) is 17.5. The number of aryl methyl sites for hydroxylation is 1. The number of anilines is 2. The number of nitrogens with zero attached hydrogens (tertiary/aromatic N) is 2. The van der Waals surface area contributed by atoms with Gasteiger partial charge >= 0.3 is 6.03 Å². The normalized spacial score (nSPS) is 17.4. The van der Waals surface area contributed by atoms with E-state index in [1.165, 1.54) is 0 Å². The molecule has 0 radical (unpaired) electrons. The molecule has 2 amide bonds. The summed E-state index contributed by atoms with van der Waals surface area (Å²) in [5, 5.41) is 15.7. The lowest BCUT2D eigenvalue weighted by molar-refractivity contribution is 0.252. The molecule has 1 aliphatic heterocycles. The van der Waals surface area contributed by atoms with Gasteiger partial charge < -0.3 is 20.3 Å². The molecule has 0 aromatic heterocycles. The van der Waals surface area contributed by atoms with Crippen molar-refractivity contribution in [3.63, 3.8) is 0 Å². The first-order valence-corrected chi connectivity index (χ1v) is 10.0. The molecule has 2 N–H and O–H groups in total. The number of hydrogen-bond acceptors (Lipinski definition) is 4. The second kappa shape index (κ2) is 8.87. The standard InChI is InChI=1S/C23H28N4O2/c1-5-11-25-23(28)26-20-10-7-16(12-15(20)3)22-19(14-24)18-9-8-17(29-4)13-21(18)27(22)6-2/h7-10,12-13,19,22H,5-6,11H2,1-4H3,(H2,25,26,28). The molecular weight excluding hydrogens is 364 g/mol. The monoisotopic (exact) mass is 392 g/mol. The summed E-state index contributed by atoms with van der Waals surface area (Å²) in [6, 6.07) is 14.1. The van der Waals surface area contributed by atoms with E-state index in [-0.39, 0.29) is 18.0 Å². The minimum absolute atomic E-state index is 0.0752. The average Bonchev–Trinajstić information content (AvgIpc) is 3.06. The zero-order chi connectivity index (χ0) is 21.0. The van der Waals surface area contributed by atoms with Crippen molar-refractivity contribution in [3.05, 3.63) is 53.1 Å². The van der Waals surface area contributed by atoms with Crippen LogP contribution < -0.4 is 20.3 Å². The molecule has 0 aliphatic carbocycles. The van der Waals surface area contributed by atoms with Crippen LogP contribution in [0.3, 0.4) is 0 Å². The van der Waals surface area contributed by atoms with E-state index in [0.29, 0.717) is 6.54 Å². The van der Waals surface area contributed by atoms with Crippen molar-refractivity contribution in [2.75, 3.05) is 30.4 Å². The number of hydrogen-bond donors (Lipinski definition) is 2. The topological polar surface area (TPSA) is 77.4 Å². The summed E-state index contributed by atoms with van der Waals surface area (Å²) in [5.41, 5.74) is 4.87. The van der Waals surface area contributed by atoms with Crippen LogP contribution in [0.2, 0.25) is 0 Å². The highest BCUT2D eigenvalue weighted by Gasteiger charge is 2.39. The molecule has 2 atom stereocenters. The van der Waals surface area contributed by atoms with E-state index >= 15 is 0 Å². The Kier molecular flexibility index (Phi) is 6.28. The lowest BCUT2D eigenvalue weighted by atomic mass is 9.90. The molecule has 152 valence electrons. The van der Waals surface area contributed by atoms with E-state index in [0.717, 1.165) is 46.8 Å². The molecule has 3 rings (SSSR count). The van der Waals surface area contributed by atoms with Crippen molar-refractivity contribution in [2.24, 2.45) is 0 Å². The number of rotatable bonds is 6. The molecule has 29 heavy (non-hydrogen) atoms. The molecule has 2 aromatic carbocycles. The SMILES string of the molecule is CCCNC(=O)Nc1ccc(C2C(C#N)c3ccc(OC)cc3N2CC)cc1C. The van der Waals surface area contributed by atoms with Crippen LogP contribution >= 0.6 is 0 Å². The van der Waals surface area contributed by atoms with Crippen LogP contribution in [0, 0.1) is 18.3 Å². The Morgan fingerprint density at radius 1 is 1.24 bits per heavy atom. The minimum atomic E-state index is -0.262. The van der Waals surface area contributed by atoms with Gasteiger partial charge in [0.1, 0.15) is 5.75 Å². The number of fused-ring (bicyclic) bond motifs is 1. The summed E-state index contributed by atoms with van der Waals surface area (Å²) < 4.78 is 5.39. The Morgan fingerprint density at radius 2 is 2.03 bits per heavy atom. The molecule has 0 spiro atoms. The second-order valence-corrected chi connectivity index (χ2v) is 7.22. The van der Waals surface area contributed by atoms with E-state index in [2.05, 4.69) is 34.6 Å². The molecule has 0 saturated heterocycles. The van der Waals surface area contributed by atoms with Crippen LogP contribution in [0.15, 0.2) is 36.4 Å². The maximum Gasteiger partial charge on any atom is 0.319 e. The third kappa shape index (κ3) is 4.00. The van der Waals surface area contributed by atoms with Crippen molar-refractivity contribution < 1.29 is 9.53 Å². The van der Waals surface area contributed by atoms with Gasteiger partial charge in [0.15, 0.2) is 0 Å². The highest BCUT2D eigenvalue weighted by Crippen LogP contribution is 2.49. The van der Waals surface area contributed by atoms with E-state index in [9.17, 15) is 10.1 Å². The molecule has 2 aromatic rings. The predicted octanol–water partition coefficient (Wildman–Crippen LogP) is 4.72. The fourth-order valence-corrected chi connectivity index (χ4v) is 3.96. The number of nitriles is 1. The van der Waals surface area contributed by atoms with Crippen LogP contribution in [0.5, 0.6) is 5.75 Å². The van der Waals surface area contributed by atoms with Gasteiger partial charge in [0.25, 0.3) is 0 Å². The van der Waals surface area contributed by atoms with Crippen LogP contribution in [0.1, 0.15) is 48.9 Å². The summed E-state index contributed by atoms with van der Waals surface area (Å²) >= 11 is 0. The second-order valence-electron chi connectivity index (χ2n) is 7.22. The van der Waals surface area contributed by atoms with Crippen LogP contribution in [-0.2, 0) is 0 Å². The van der Waals surface area contributed by atoms with E-state index in [4.69, 9.17) is 4.74 Å². The highest BCUT2D eigenvalue weighted by molar-refractivity contribution is 5.90. The number of benzene rings is 2. The Morgan fingerprint density at radius 3 is 2.66 bits per heavy atom. The Hall–Kier alpha value is -3.20. The van der Waals surface area contributed by atoms with Crippen molar-refractivity contribution in [1.29, 1.82) is 5.26 Å². The first-order valence-electron chi connectivity index (χ1n) is 10.0. The molecule has 2 unspecified atom stereocenters. The van der Waals surface area contributed by atoms with Gasteiger partial charge in [-0.3, -0.25) is 0 Å². The van der Waals surface area contributed by atoms with Gasteiger partial charge in [0.05, 0.1) is 25.1 Å². The maximum absolute atomic E-state index is 12.0. The molecule has 0 saturated carbocycles. The number of ether oxygens (including phenoxy) is 1. The first-order chi connectivity index (χ1) is 14.0. The van der Waals surface area contributed by atoms with Gasteiger partial charge in [0.2, 0.25) is 0 Å². The van der Waals surface area contributed by atoms with E-state index in [1.807, 2.05) is 44.2 Å². The number of methoxy groups -OCH3 is 1. The molecule has 0 fully saturated rings. The molecular formula is C23H28N4O2. The van der Waals surface area contributed by atoms with Crippen LogP contribution in [-0.4, -0.2) is 26.2 Å². The number of urea groups is 1. The molecule has 1 aliphatic rings. The number of carbonyl (C=O) groups is 1. The summed E-state index contributed by atoms with van der Waals surface area (Å²) in [4.78, 5) is 14.2.